The van der Waals surface area contributed by atoms with Crippen LogP contribution in [0.5, 0.6) is 0 Å². The number of aliphatic imine (C=N–C) groups is 1. The predicted octanol–water partition coefficient (Wildman–Crippen LogP) is 4.10. The fourth-order valence-electron chi connectivity index (χ4n) is 4.69. The monoisotopic (exact) mass is 563 g/mol. The van der Waals surface area contributed by atoms with Crippen molar-refractivity contribution in [1.82, 2.24) is 30.3 Å². The zero-order valence-corrected chi connectivity index (χ0v) is 22.6. The highest BCUT2D eigenvalue weighted by Gasteiger charge is 2.23. The summed E-state index contributed by atoms with van der Waals surface area (Å²) in [5, 5.41) is 16.9. The molecule has 0 aromatic carbocycles. The van der Waals surface area contributed by atoms with E-state index < -0.39 is 0 Å². The minimum absolute atomic E-state index is 0. The van der Waals surface area contributed by atoms with Gasteiger partial charge in [0.25, 0.3) is 0 Å². The van der Waals surface area contributed by atoms with Crippen LogP contribution in [0.3, 0.4) is 0 Å². The van der Waals surface area contributed by atoms with Crippen LogP contribution in [0.15, 0.2) is 10.1 Å². The molecule has 1 saturated carbocycles. The van der Waals surface area contributed by atoms with E-state index in [9.17, 15) is 0 Å². The molecular formula is C22H42IN7S. The van der Waals surface area contributed by atoms with Crippen molar-refractivity contribution < 1.29 is 0 Å². The Morgan fingerprint density at radius 3 is 2.32 bits per heavy atom. The number of guanidine groups is 1. The van der Waals surface area contributed by atoms with Crippen LogP contribution in [0.4, 0.5) is 0 Å². The molecular weight excluding hydrogens is 521 g/mol. The summed E-state index contributed by atoms with van der Waals surface area (Å²) in [6, 6.07) is 0.601. The first-order valence-corrected chi connectivity index (χ1v) is 13.2. The average Bonchev–Trinajstić information content (AvgIpc) is 3.36. The summed E-state index contributed by atoms with van der Waals surface area (Å²) in [6.07, 6.45) is 16.0. The van der Waals surface area contributed by atoms with Gasteiger partial charge in [-0.05, 0) is 64.4 Å². The molecule has 1 aromatic heterocycles. The van der Waals surface area contributed by atoms with E-state index in [4.69, 9.17) is 0 Å². The Hall–Kier alpha value is -0.550. The Kier molecular flexibility index (Phi) is 13.2. The van der Waals surface area contributed by atoms with Crippen LogP contribution in [0.1, 0.15) is 76.1 Å². The summed E-state index contributed by atoms with van der Waals surface area (Å²) < 4.78 is 2.41. The fourth-order valence-corrected chi connectivity index (χ4v) is 5.26. The Morgan fingerprint density at radius 2 is 1.68 bits per heavy atom. The molecule has 3 rings (SSSR count). The Morgan fingerprint density at radius 1 is 1.00 bits per heavy atom. The van der Waals surface area contributed by atoms with Gasteiger partial charge in [0.05, 0.1) is 0 Å². The smallest absolute Gasteiger partial charge is 0.191 e. The molecule has 178 valence electrons. The maximum atomic E-state index is 4.49. The minimum atomic E-state index is 0. The molecule has 2 aliphatic rings. The van der Waals surface area contributed by atoms with Crippen LogP contribution in [-0.4, -0.2) is 71.7 Å². The quantitative estimate of drug-likeness (QED) is 0.147. The van der Waals surface area contributed by atoms with E-state index in [1.54, 1.807) is 11.8 Å². The zero-order chi connectivity index (χ0) is 21.0. The molecule has 1 aromatic rings. The molecule has 9 heteroatoms. The number of aromatic nitrogens is 3. The van der Waals surface area contributed by atoms with Gasteiger partial charge < -0.3 is 20.1 Å². The van der Waals surface area contributed by atoms with Gasteiger partial charge in [-0.3, -0.25) is 4.99 Å². The molecule has 2 N–H and O–H groups in total. The minimum Gasteiger partial charge on any atom is -0.356 e. The number of rotatable bonds is 10. The molecule has 7 nitrogen and oxygen atoms in total. The highest BCUT2D eigenvalue weighted by atomic mass is 127. The molecule has 0 amide bonds. The van der Waals surface area contributed by atoms with Crippen molar-refractivity contribution in [3.05, 3.63) is 5.82 Å². The second-order valence-electron chi connectivity index (χ2n) is 8.55. The van der Waals surface area contributed by atoms with Crippen molar-refractivity contribution in [1.29, 1.82) is 0 Å². The first-order valence-electron chi connectivity index (χ1n) is 12.0. The van der Waals surface area contributed by atoms with E-state index in [1.807, 2.05) is 7.05 Å². The molecule has 1 aliphatic heterocycles. The van der Waals surface area contributed by atoms with E-state index in [2.05, 4.69) is 41.5 Å². The molecule has 31 heavy (non-hydrogen) atoms. The third kappa shape index (κ3) is 8.72. The van der Waals surface area contributed by atoms with Crippen LogP contribution >= 0.6 is 35.7 Å². The number of nitrogens with one attached hydrogen (secondary N) is 2. The van der Waals surface area contributed by atoms with Crippen molar-refractivity contribution in [2.45, 2.75) is 81.8 Å². The zero-order valence-electron chi connectivity index (χ0n) is 19.4. The lowest BCUT2D eigenvalue weighted by Crippen LogP contribution is -2.39. The standard InChI is InChI=1S/C22H41N7S.HI/c1-23-21(25-15-10-18-28-16-7-3-4-8-17-28)24-14-9-13-20-26-27-22(30-2)29(20)19-11-5-6-12-19;/h19H,3-18H2,1-2H3,(H2,23,24,25);1H. The van der Waals surface area contributed by atoms with E-state index in [0.717, 1.165) is 42.9 Å². The van der Waals surface area contributed by atoms with Gasteiger partial charge in [0.15, 0.2) is 11.1 Å². The largest absolute Gasteiger partial charge is 0.356 e. The molecule has 1 saturated heterocycles. The van der Waals surface area contributed by atoms with Gasteiger partial charge in [-0.2, -0.15) is 0 Å². The van der Waals surface area contributed by atoms with Gasteiger partial charge in [0, 0.05) is 32.6 Å². The molecule has 0 atom stereocenters. The van der Waals surface area contributed by atoms with Crippen LogP contribution in [0, 0.1) is 0 Å². The highest BCUT2D eigenvalue weighted by molar-refractivity contribution is 14.0. The Bertz CT molecular complexity index is 638. The van der Waals surface area contributed by atoms with Gasteiger partial charge >= 0.3 is 0 Å². The molecule has 0 spiro atoms. The molecule has 1 aliphatic carbocycles. The van der Waals surface area contributed by atoms with Crippen molar-refractivity contribution in [3.8, 4) is 0 Å². The fraction of sp³-hybridized carbons (Fsp3) is 0.864. The number of hydrogen-bond donors (Lipinski definition) is 2. The molecule has 2 fully saturated rings. The topological polar surface area (TPSA) is 70.4 Å². The summed E-state index contributed by atoms with van der Waals surface area (Å²) in [7, 11) is 1.85. The molecule has 0 radical (unpaired) electrons. The van der Waals surface area contributed by atoms with Crippen LogP contribution < -0.4 is 10.6 Å². The lowest BCUT2D eigenvalue weighted by Gasteiger charge is -2.20. The molecule has 0 bridgehead atoms. The Balaban J connectivity index is 0.00000341. The second kappa shape index (κ2) is 15.3. The number of hydrogen-bond acceptors (Lipinski definition) is 5. The number of nitrogens with zero attached hydrogens (tertiary/aromatic N) is 5. The third-order valence-electron chi connectivity index (χ3n) is 6.34. The summed E-state index contributed by atoms with van der Waals surface area (Å²) >= 11 is 1.71. The summed E-state index contributed by atoms with van der Waals surface area (Å²) in [5.74, 6) is 2.06. The van der Waals surface area contributed by atoms with E-state index in [0.29, 0.717) is 6.04 Å². The lowest BCUT2D eigenvalue weighted by molar-refractivity contribution is 0.282. The van der Waals surface area contributed by atoms with Gasteiger partial charge in [0.2, 0.25) is 0 Å². The molecule has 0 unspecified atom stereocenters. The number of halogens is 1. The van der Waals surface area contributed by atoms with Crippen LogP contribution in [0.2, 0.25) is 0 Å². The normalized spacial score (nSPS) is 18.6. The van der Waals surface area contributed by atoms with E-state index in [-0.39, 0.29) is 24.0 Å². The summed E-state index contributed by atoms with van der Waals surface area (Å²) in [5.41, 5.74) is 0. The average molecular weight is 564 g/mol. The third-order valence-corrected chi connectivity index (χ3v) is 6.99. The summed E-state index contributed by atoms with van der Waals surface area (Å²) in [4.78, 5) is 6.99. The second-order valence-corrected chi connectivity index (χ2v) is 9.32. The van der Waals surface area contributed by atoms with Crippen molar-refractivity contribution in [2.75, 3.05) is 46.0 Å². The van der Waals surface area contributed by atoms with E-state index >= 15 is 0 Å². The van der Waals surface area contributed by atoms with E-state index in [1.165, 1.54) is 77.4 Å². The van der Waals surface area contributed by atoms with Gasteiger partial charge in [0.1, 0.15) is 5.82 Å². The Labute approximate surface area is 210 Å². The SMILES string of the molecule is CN=C(NCCCc1nnc(SC)n1C1CCCC1)NCCCN1CCCCCC1.I. The van der Waals surface area contributed by atoms with Crippen LogP contribution in [0.25, 0.3) is 0 Å². The van der Waals surface area contributed by atoms with Crippen LogP contribution in [-0.2, 0) is 6.42 Å². The van der Waals surface area contributed by atoms with Gasteiger partial charge in [-0.15, -0.1) is 34.2 Å². The first kappa shape index (κ1) is 26.7. The summed E-state index contributed by atoms with van der Waals surface area (Å²) in [6.45, 7) is 5.62. The predicted molar refractivity (Wildman–Crippen MR) is 142 cm³/mol. The molecule has 2 heterocycles. The maximum absolute atomic E-state index is 4.49. The lowest BCUT2D eigenvalue weighted by atomic mass is 10.2. The van der Waals surface area contributed by atoms with Gasteiger partial charge in [-0.1, -0.05) is 37.4 Å². The first-order chi connectivity index (χ1) is 14.8. The van der Waals surface area contributed by atoms with Crippen molar-refractivity contribution in [3.63, 3.8) is 0 Å². The van der Waals surface area contributed by atoms with Crippen molar-refractivity contribution >= 4 is 41.7 Å². The highest BCUT2D eigenvalue weighted by Crippen LogP contribution is 2.33. The number of likely N-dealkylation sites (tertiary alicyclic amines) is 1. The maximum Gasteiger partial charge on any atom is 0.191 e. The van der Waals surface area contributed by atoms with Crippen molar-refractivity contribution in [2.24, 2.45) is 4.99 Å². The number of thioether (sulfide) groups is 1. The number of aryl methyl sites for hydroxylation is 1. The van der Waals surface area contributed by atoms with Gasteiger partial charge in [-0.25, -0.2) is 0 Å².